The molecule has 0 aliphatic rings. The first-order valence-electron chi connectivity index (χ1n) is 4.52. The predicted octanol–water partition coefficient (Wildman–Crippen LogP) is 3.84. The van der Waals surface area contributed by atoms with E-state index in [9.17, 15) is 0 Å². The Morgan fingerprint density at radius 2 is 2.31 bits per heavy atom. The van der Waals surface area contributed by atoms with Crippen molar-refractivity contribution in [3.8, 4) is 5.75 Å². The zero-order chi connectivity index (χ0) is 11.5. The quantitative estimate of drug-likeness (QED) is 0.862. The number of hydrogen-bond acceptors (Lipinski definition) is 4. The maximum absolute atomic E-state index is 5.87. The van der Waals surface area contributed by atoms with Gasteiger partial charge in [0.25, 0.3) is 0 Å². The summed E-state index contributed by atoms with van der Waals surface area (Å²) in [7, 11) is 0. The van der Waals surface area contributed by atoms with Crippen molar-refractivity contribution in [3.05, 3.63) is 38.3 Å². The summed E-state index contributed by atoms with van der Waals surface area (Å²) in [4.78, 5) is 0. The lowest BCUT2D eigenvalue weighted by Crippen LogP contribution is -1.96. The predicted molar refractivity (Wildman–Crippen MR) is 68.1 cm³/mol. The molecule has 1 aromatic heterocycles. The maximum atomic E-state index is 5.87. The molecule has 0 aliphatic carbocycles. The molecule has 6 heteroatoms. The van der Waals surface area contributed by atoms with Gasteiger partial charge in [0, 0.05) is 16.0 Å². The highest BCUT2D eigenvalue weighted by atomic mass is 79.9. The number of ether oxygens (including phenoxy) is 1. The van der Waals surface area contributed by atoms with Crippen LogP contribution in [0.4, 0.5) is 0 Å². The van der Waals surface area contributed by atoms with Gasteiger partial charge in [0.05, 0.1) is 0 Å². The topological polar surface area (TPSA) is 35.0 Å². The second kappa shape index (κ2) is 5.12. The Labute approximate surface area is 111 Å². The van der Waals surface area contributed by atoms with Gasteiger partial charge in [-0.1, -0.05) is 32.0 Å². The second-order valence-corrected chi connectivity index (χ2v) is 5.40. The summed E-state index contributed by atoms with van der Waals surface area (Å²) in [6, 6.07) is 5.80. The molecule has 0 amide bonds. The van der Waals surface area contributed by atoms with Gasteiger partial charge < -0.3 is 4.74 Å². The van der Waals surface area contributed by atoms with Gasteiger partial charge in [-0.05, 0) is 30.7 Å². The molecule has 0 fully saturated rings. The first-order chi connectivity index (χ1) is 7.66. The molecular formula is C10H8BrClN2OS. The third-order valence-corrected chi connectivity index (χ3v) is 3.89. The summed E-state index contributed by atoms with van der Waals surface area (Å²) < 4.78 is 10.9. The second-order valence-electron chi connectivity index (χ2n) is 3.19. The summed E-state index contributed by atoms with van der Waals surface area (Å²) in [5.74, 6) is 0.796. The number of aromatic nitrogens is 2. The van der Waals surface area contributed by atoms with Crippen LogP contribution in [0.5, 0.6) is 5.75 Å². The molecule has 2 aromatic rings. The zero-order valence-corrected chi connectivity index (χ0v) is 11.6. The van der Waals surface area contributed by atoms with Crippen molar-refractivity contribution in [2.75, 3.05) is 0 Å². The van der Waals surface area contributed by atoms with Crippen LogP contribution in [-0.4, -0.2) is 9.59 Å². The van der Waals surface area contributed by atoms with Gasteiger partial charge in [0.15, 0.2) is 0 Å². The van der Waals surface area contributed by atoms with Crippen LogP contribution >= 0.6 is 39.1 Å². The van der Waals surface area contributed by atoms with Gasteiger partial charge in [-0.2, -0.15) is 0 Å². The molecule has 0 saturated carbocycles. The first kappa shape index (κ1) is 11.8. The average molecular weight is 320 g/mol. The Bertz CT molecular complexity index is 503. The van der Waals surface area contributed by atoms with E-state index in [4.69, 9.17) is 16.3 Å². The third-order valence-electron chi connectivity index (χ3n) is 2.01. The minimum absolute atomic E-state index is 0.344. The minimum Gasteiger partial charge on any atom is -0.487 e. The summed E-state index contributed by atoms with van der Waals surface area (Å²) in [6.07, 6.45) is 0. The van der Waals surface area contributed by atoms with E-state index in [1.807, 2.05) is 25.1 Å². The zero-order valence-electron chi connectivity index (χ0n) is 8.41. The Hall–Kier alpha value is -0.650. The number of halogens is 2. The van der Waals surface area contributed by atoms with E-state index < -0.39 is 0 Å². The molecular weight excluding hydrogens is 312 g/mol. The number of hydrogen-bond donors (Lipinski definition) is 0. The van der Waals surface area contributed by atoms with Crippen molar-refractivity contribution in [2.24, 2.45) is 0 Å². The van der Waals surface area contributed by atoms with Crippen LogP contribution in [0, 0.1) is 6.92 Å². The molecule has 0 unspecified atom stereocenters. The van der Waals surface area contributed by atoms with Gasteiger partial charge >= 0.3 is 0 Å². The number of nitrogens with zero attached hydrogens (tertiary/aromatic N) is 2. The minimum atomic E-state index is 0.344. The fourth-order valence-corrected chi connectivity index (χ4v) is 1.99. The molecule has 3 nitrogen and oxygen atoms in total. The third kappa shape index (κ3) is 2.72. The largest absolute Gasteiger partial charge is 0.487 e. The fourth-order valence-electron chi connectivity index (χ4n) is 1.14. The fraction of sp³-hybridized carbons (Fsp3) is 0.200. The lowest BCUT2D eigenvalue weighted by atomic mass is 10.2. The molecule has 0 radical (unpaired) electrons. The molecule has 0 saturated heterocycles. The molecule has 0 N–H and O–H groups in total. The summed E-state index contributed by atoms with van der Waals surface area (Å²) in [5.41, 5.74) is 1.80. The highest BCUT2D eigenvalue weighted by Gasteiger charge is 2.06. The molecule has 0 aliphatic heterocycles. The molecule has 2 rings (SSSR count). The van der Waals surface area contributed by atoms with Crippen molar-refractivity contribution in [1.82, 2.24) is 9.59 Å². The van der Waals surface area contributed by atoms with Crippen molar-refractivity contribution >= 4 is 39.1 Å². The highest BCUT2D eigenvalue weighted by Crippen LogP contribution is 2.23. The van der Waals surface area contributed by atoms with Crippen LogP contribution in [0.15, 0.2) is 22.7 Å². The molecule has 0 atom stereocenters. The van der Waals surface area contributed by atoms with Crippen LogP contribution in [0.2, 0.25) is 4.34 Å². The van der Waals surface area contributed by atoms with E-state index in [-0.39, 0.29) is 0 Å². The molecule has 0 bridgehead atoms. The number of benzene rings is 1. The van der Waals surface area contributed by atoms with Crippen LogP contribution in [0.1, 0.15) is 11.3 Å². The lowest BCUT2D eigenvalue weighted by Gasteiger charge is -2.06. The average Bonchev–Trinajstić information content (AvgIpc) is 2.66. The Kier molecular flexibility index (Phi) is 3.78. The van der Waals surface area contributed by atoms with Gasteiger partial charge in [-0.15, -0.1) is 5.10 Å². The first-order valence-corrected chi connectivity index (χ1v) is 6.47. The molecule has 0 spiro atoms. The van der Waals surface area contributed by atoms with Crippen molar-refractivity contribution < 1.29 is 4.74 Å². The van der Waals surface area contributed by atoms with Crippen molar-refractivity contribution in [2.45, 2.75) is 13.5 Å². The van der Waals surface area contributed by atoms with Crippen LogP contribution in [0.25, 0.3) is 0 Å². The molecule has 1 aromatic carbocycles. The molecule has 1 heterocycles. The number of rotatable bonds is 3. The standard InChI is InChI=1S/C10H8BrClN2OS/c1-6-4-7(2-3-8(6)11)15-5-9-10(12)16-14-13-9/h2-4H,5H2,1H3. The lowest BCUT2D eigenvalue weighted by molar-refractivity contribution is 0.301. The van der Waals surface area contributed by atoms with E-state index in [0.29, 0.717) is 16.6 Å². The molecule has 16 heavy (non-hydrogen) atoms. The van der Waals surface area contributed by atoms with Crippen LogP contribution < -0.4 is 4.74 Å². The van der Waals surface area contributed by atoms with Crippen LogP contribution in [-0.2, 0) is 6.61 Å². The SMILES string of the molecule is Cc1cc(OCc2nnsc2Cl)ccc1Br. The smallest absolute Gasteiger partial charge is 0.141 e. The van der Waals surface area contributed by atoms with Crippen molar-refractivity contribution in [3.63, 3.8) is 0 Å². The Balaban J connectivity index is 2.05. The summed E-state index contributed by atoms with van der Waals surface area (Å²) >= 11 is 10.5. The maximum Gasteiger partial charge on any atom is 0.141 e. The summed E-state index contributed by atoms with van der Waals surface area (Å²) in [5, 5.41) is 3.87. The van der Waals surface area contributed by atoms with Gasteiger partial charge in [0.1, 0.15) is 22.4 Å². The van der Waals surface area contributed by atoms with Gasteiger partial charge in [-0.25, -0.2) is 0 Å². The van der Waals surface area contributed by atoms with E-state index in [0.717, 1.165) is 27.3 Å². The molecule has 84 valence electrons. The van der Waals surface area contributed by atoms with E-state index in [2.05, 4.69) is 25.5 Å². The normalized spacial score (nSPS) is 10.4. The monoisotopic (exact) mass is 318 g/mol. The van der Waals surface area contributed by atoms with Crippen LogP contribution in [0.3, 0.4) is 0 Å². The van der Waals surface area contributed by atoms with Gasteiger partial charge in [0.2, 0.25) is 0 Å². The van der Waals surface area contributed by atoms with E-state index >= 15 is 0 Å². The van der Waals surface area contributed by atoms with Gasteiger partial charge in [-0.3, -0.25) is 0 Å². The van der Waals surface area contributed by atoms with Crippen molar-refractivity contribution in [1.29, 1.82) is 0 Å². The van der Waals surface area contributed by atoms with E-state index in [1.54, 1.807) is 0 Å². The Morgan fingerprint density at radius 3 is 2.94 bits per heavy atom. The highest BCUT2D eigenvalue weighted by molar-refractivity contribution is 9.10. The summed E-state index contributed by atoms with van der Waals surface area (Å²) in [6.45, 7) is 2.35. The Morgan fingerprint density at radius 1 is 1.50 bits per heavy atom. The van der Waals surface area contributed by atoms with E-state index in [1.165, 1.54) is 0 Å². The number of aryl methyl sites for hydroxylation is 1.